The zero-order valence-corrected chi connectivity index (χ0v) is 13.2. The molecule has 22 heavy (non-hydrogen) atoms. The predicted molar refractivity (Wildman–Crippen MR) is 81.4 cm³/mol. The van der Waals surface area contributed by atoms with Crippen molar-refractivity contribution in [3.8, 4) is 11.8 Å². The summed E-state index contributed by atoms with van der Waals surface area (Å²) in [6.45, 7) is 7.31. The third-order valence-corrected chi connectivity index (χ3v) is 3.60. The van der Waals surface area contributed by atoms with E-state index in [-0.39, 0.29) is 12.1 Å². The summed E-state index contributed by atoms with van der Waals surface area (Å²) in [5.74, 6) is 0.527. The highest BCUT2D eigenvalue weighted by Crippen LogP contribution is 2.40. The number of rotatable bonds is 2. The Labute approximate surface area is 130 Å². The van der Waals surface area contributed by atoms with Gasteiger partial charge < -0.3 is 20.5 Å². The molecule has 6 nitrogen and oxygen atoms in total. The van der Waals surface area contributed by atoms with Crippen molar-refractivity contribution in [3.63, 3.8) is 0 Å². The number of carbonyl (C=O) groups is 1. The lowest BCUT2D eigenvalue weighted by Gasteiger charge is -2.43. The number of amides is 2. The number of aliphatic hydroxyl groups excluding tert-OH is 1. The number of hydrogen-bond acceptors (Lipinski definition) is 4. The van der Waals surface area contributed by atoms with Gasteiger partial charge in [0.25, 0.3) is 0 Å². The molecule has 1 aliphatic heterocycles. The number of urea groups is 1. The number of nitrogens with zero attached hydrogens (tertiary/aromatic N) is 1. The van der Waals surface area contributed by atoms with Crippen molar-refractivity contribution in [1.29, 1.82) is 5.26 Å². The van der Waals surface area contributed by atoms with Crippen LogP contribution in [0.4, 0.5) is 4.79 Å². The van der Waals surface area contributed by atoms with Gasteiger partial charge in [-0.2, -0.15) is 5.26 Å². The van der Waals surface area contributed by atoms with E-state index in [9.17, 15) is 9.90 Å². The van der Waals surface area contributed by atoms with Crippen molar-refractivity contribution in [1.82, 2.24) is 10.6 Å². The molecule has 0 radical (unpaired) electrons. The molecular formula is C16H21N3O3. The molecule has 3 N–H and O–H groups in total. The summed E-state index contributed by atoms with van der Waals surface area (Å²) < 4.78 is 5.90. The van der Waals surface area contributed by atoms with Crippen LogP contribution in [0.3, 0.4) is 0 Å². The lowest BCUT2D eigenvalue weighted by Crippen LogP contribution is -2.60. The van der Waals surface area contributed by atoms with Crippen LogP contribution >= 0.6 is 0 Å². The van der Waals surface area contributed by atoms with Gasteiger partial charge in [-0.15, -0.1) is 0 Å². The summed E-state index contributed by atoms with van der Waals surface area (Å²) in [5, 5.41) is 25.1. The molecule has 2 atom stereocenters. The van der Waals surface area contributed by atoms with Gasteiger partial charge in [0.05, 0.1) is 17.7 Å². The third-order valence-electron chi connectivity index (χ3n) is 3.60. The van der Waals surface area contributed by atoms with Crippen LogP contribution in [0.2, 0.25) is 0 Å². The van der Waals surface area contributed by atoms with Gasteiger partial charge in [-0.3, -0.25) is 0 Å². The monoisotopic (exact) mass is 303 g/mol. The largest absolute Gasteiger partial charge is 0.485 e. The topological polar surface area (TPSA) is 94.4 Å². The SMILES string of the molecule is CC(C)NC(=O)N[C@H]1C(O)c2cc(C#N)ccc2OC1(C)C. The molecule has 0 saturated carbocycles. The second-order valence-electron chi connectivity index (χ2n) is 6.26. The van der Waals surface area contributed by atoms with Gasteiger partial charge in [0.15, 0.2) is 0 Å². The van der Waals surface area contributed by atoms with E-state index in [1.807, 2.05) is 19.9 Å². The van der Waals surface area contributed by atoms with E-state index in [0.29, 0.717) is 16.9 Å². The number of nitrogens with one attached hydrogen (secondary N) is 2. The smallest absolute Gasteiger partial charge is 0.315 e. The van der Waals surface area contributed by atoms with Crippen LogP contribution in [0.5, 0.6) is 5.75 Å². The number of carbonyl (C=O) groups excluding carboxylic acids is 1. The highest BCUT2D eigenvalue weighted by Gasteiger charge is 2.44. The van der Waals surface area contributed by atoms with E-state index in [4.69, 9.17) is 10.00 Å². The van der Waals surface area contributed by atoms with Crippen LogP contribution in [-0.2, 0) is 0 Å². The second-order valence-corrected chi connectivity index (χ2v) is 6.26. The van der Waals surface area contributed by atoms with E-state index in [1.165, 1.54) is 0 Å². The fourth-order valence-electron chi connectivity index (χ4n) is 2.55. The van der Waals surface area contributed by atoms with Gasteiger partial charge in [-0.05, 0) is 45.9 Å². The van der Waals surface area contributed by atoms with Gasteiger partial charge in [-0.1, -0.05) is 0 Å². The Kier molecular flexibility index (Phi) is 4.29. The normalized spacial score (nSPS) is 22.2. The molecule has 0 fully saturated rings. The summed E-state index contributed by atoms with van der Waals surface area (Å²) in [6, 6.07) is 5.92. The van der Waals surface area contributed by atoms with E-state index >= 15 is 0 Å². The van der Waals surface area contributed by atoms with E-state index in [1.54, 1.807) is 32.0 Å². The molecule has 6 heteroatoms. The van der Waals surface area contributed by atoms with Crippen LogP contribution < -0.4 is 15.4 Å². The summed E-state index contributed by atoms with van der Waals surface area (Å²) in [6.07, 6.45) is -0.954. The molecule has 0 saturated heterocycles. The molecule has 2 rings (SSSR count). The Morgan fingerprint density at radius 3 is 2.73 bits per heavy atom. The maximum Gasteiger partial charge on any atom is 0.315 e. The number of hydrogen-bond donors (Lipinski definition) is 3. The molecular weight excluding hydrogens is 282 g/mol. The lowest BCUT2D eigenvalue weighted by atomic mass is 9.85. The highest BCUT2D eigenvalue weighted by molar-refractivity contribution is 5.75. The average Bonchev–Trinajstić information content (AvgIpc) is 2.42. The minimum absolute atomic E-state index is 0.0118. The Morgan fingerprint density at radius 2 is 2.14 bits per heavy atom. The van der Waals surface area contributed by atoms with Gasteiger partial charge in [0.1, 0.15) is 17.5 Å². The molecule has 1 heterocycles. The van der Waals surface area contributed by atoms with Crippen LogP contribution in [0.25, 0.3) is 0 Å². The van der Waals surface area contributed by atoms with Crippen LogP contribution in [0, 0.1) is 11.3 Å². The Hall–Kier alpha value is -2.26. The van der Waals surface area contributed by atoms with Gasteiger partial charge in [-0.25, -0.2) is 4.79 Å². The Morgan fingerprint density at radius 1 is 1.45 bits per heavy atom. The highest BCUT2D eigenvalue weighted by atomic mass is 16.5. The first-order valence-corrected chi connectivity index (χ1v) is 7.22. The van der Waals surface area contributed by atoms with Crippen molar-refractivity contribution >= 4 is 6.03 Å². The van der Waals surface area contributed by atoms with Crippen molar-refractivity contribution in [2.45, 2.75) is 51.5 Å². The van der Waals surface area contributed by atoms with Crippen LogP contribution in [-0.4, -0.2) is 28.8 Å². The minimum atomic E-state index is -0.954. The molecule has 1 aliphatic rings. The quantitative estimate of drug-likeness (QED) is 0.777. The summed E-state index contributed by atoms with van der Waals surface area (Å²) in [4.78, 5) is 11.9. The van der Waals surface area contributed by atoms with E-state index in [2.05, 4.69) is 10.6 Å². The summed E-state index contributed by atoms with van der Waals surface area (Å²) in [7, 11) is 0. The molecule has 0 aliphatic carbocycles. The molecule has 118 valence electrons. The molecule has 0 aromatic heterocycles. The number of nitriles is 1. The molecule has 1 aromatic rings. The minimum Gasteiger partial charge on any atom is -0.485 e. The number of fused-ring (bicyclic) bond motifs is 1. The zero-order chi connectivity index (χ0) is 16.5. The van der Waals surface area contributed by atoms with Crippen LogP contribution in [0.1, 0.15) is 44.9 Å². The first-order valence-electron chi connectivity index (χ1n) is 7.22. The maximum atomic E-state index is 11.9. The van der Waals surface area contributed by atoms with Crippen molar-refractivity contribution < 1.29 is 14.6 Å². The molecule has 1 aromatic carbocycles. The first kappa shape index (κ1) is 16.1. The lowest BCUT2D eigenvalue weighted by molar-refractivity contribution is -0.0229. The summed E-state index contributed by atoms with van der Waals surface area (Å²) in [5.41, 5.74) is 0.161. The van der Waals surface area contributed by atoms with Crippen molar-refractivity contribution in [2.24, 2.45) is 0 Å². The zero-order valence-electron chi connectivity index (χ0n) is 13.2. The molecule has 1 unspecified atom stereocenters. The molecule has 0 spiro atoms. The molecule has 2 amide bonds. The number of aliphatic hydroxyl groups is 1. The van der Waals surface area contributed by atoms with Gasteiger partial charge in [0, 0.05) is 11.6 Å². The summed E-state index contributed by atoms with van der Waals surface area (Å²) >= 11 is 0. The molecule has 0 bridgehead atoms. The standard InChI is InChI=1S/C16H21N3O3/c1-9(2)18-15(21)19-14-13(20)11-7-10(8-17)5-6-12(11)22-16(14,3)4/h5-7,9,13-14,20H,1-4H3,(H2,18,19,21)/t13?,14-/m0/s1. The van der Waals surface area contributed by atoms with Crippen molar-refractivity contribution in [3.05, 3.63) is 29.3 Å². The predicted octanol–water partition coefficient (Wildman–Crippen LogP) is 1.84. The average molecular weight is 303 g/mol. The second kappa shape index (κ2) is 5.85. The third kappa shape index (κ3) is 3.15. The van der Waals surface area contributed by atoms with E-state index in [0.717, 1.165) is 0 Å². The van der Waals surface area contributed by atoms with Crippen LogP contribution in [0.15, 0.2) is 18.2 Å². The number of ether oxygens (including phenoxy) is 1. The fraction of sp³-hybridized carbons (Fsp3) is 0.500. The van der Waals surface area contributed by atoms with E-state index < -0.39 is 17.7 Å². The van der Waals surface area contributed by atoms with Gasteiger partial charge in [0.2, 0.25) is 0 Å². The first-order chi connectivity index (χ1) is 10.2. The number of benzene rings is 1. The Balaban J connectivity index is 2.30. The Bertz CT molecular complexity index is 620. The van der Waals surface area contributed by atoms with Crippen molar-refractivity contribution in [2.75, 3.05) is 0 Å². The van der Waals surface area contributed by atoms with Gasteiger partial charge >= 0.3 is 6.03 Å². The maximum absolute atomic E-state index is 11.9. The fourth-order valence-corrected chi connectivity index (χ4v) is 2.55.